The van der Waals surface area contributed by atoms with Crippen molar-refractivity contribution in [2.24, 2.45) is 5.73 Å². The molecule has 2 heterocycles. The number of carbonyl (C=O) groups is 1. The highest BCUT2D eigenvalue weighted by Crippen LogP contribution is 2.37. The van der Waals surface area contributed by atoms with Crippen molar-refractivity contribution in [2.75, 3.05) is 13.1 Å². The minimum Gasteiger partial charge on any atom is -0.333 e. The quantitative estimate of drug-likeness (QED) is 0.889. The molecule has 1 atom stereocenters. The van der Waals surface area contributed by atoms with Crippen molar-refractivity contribution in [3.63, 3.8) is 0 Å². The van der Waals surface area contributed by atoms with E-state index >= 15 is 0 Å². The van der Waals surface area contributed by atoms with Gasteiger partial charge in [0, 0.05) is 31.2 Å². The minimum atomic E-state index is 0.0134. The molecule has 5 nitrogen and oxygen atoms in total. The maximum atomic E-state index is 12.5. The van der Waals surface area contributed by atoms with Gasteiger partial charge in [-0.2, -0.15) is 0 Å². The smallest absolute Gasteiger partial charge is 0.272 e. The van der Waals surface area contributed by atoms with Crippen LogP contribution >= 0.6 is 0 Å². The highest BCUT2D eigenvalue weighted by molar-refractivity contribution is 5.92. The maximum absolute atomic E-state index is 12.5. The number of hydrogen-bond donors (Lipinski definition) is 1. The van der Waals surface area contributed by atoms with Crippen LogP contribution in [0.25, 0.3) is 0 Å². The molecule has 0 aromatic carbocycles. The number of nitrogens with two attached hydrogens (primary N) is 1. The van der Waals surface area contributed by atoms with Gasteiger partial charge in [-0.05, 0) is 38.2 Å². The second-order valence-corrected chi connectivity index (χ2v) is 5.46. The summed E-state index contributed by atoms with van der Waals surface area (Å²) in [5.74, 6) is 1.31. The first-order chi connectivity index (χ1) is 9.29. The average molecular weight is 260 g/mol. The first-order valence-corrected chi connectivity index (χ1v) is 7.13. The number of piperidine rings is 1. The molecule has 0 spiro atoms. The summed E-state index contributed by atoms with van der Waals surface area (Å²) >= 11 is 0. The second-order valence-electron chi connectivity index (χ2n) is 5.46. The van der Waals surface area contributed by atoms with Gasteiger partial charge >= 0.3 is 0 Å². The van der Waals surface area contributed by atoms with Crippen LogP contribution in [0.1, 0.15) is 54.3 Å². The van der Waals surface area contributed by atoms with Crippen LogP contribution in [0.5, 0.6) is 0 Å². The molecule has 2 N–H and O–H groups in total. The highest BCUT2D eigenvalue weighted by atomic mass is 16.2. The van der Waals surface area contributed by atoms with Crippen molar-refractivity contribution in [1.82, 2.24) is 14.9 Å². The fourth-order valence-corrected chi connectivity index (χ4v) is 2.69. The van der Waals surface area contributed by atoms with Gasteiger partial charge in [0.05, 0.1) is 0 Å². The summed E-state index contributed by atoms with van der Waals surface area (Å²) in [5.41, 5.74) is 6.30. The van der Waals surface area contributed by atoms with Crippen LogP contribution in [-0.2, 0) is 0 Å². The minimum absolute atomic E-state index is 0.0134. The van der Waals surface area contributed by atoms with E-state index in [-0.39, 0.29) is 11.9 Å². The topological polar surface area (TPSA) is 72.1 Å². The first kappa shape index (κ1) is 12.5. The lowest BCUT2D eigenvalue weighted by Crippen LogP contribution is -2.47. The first-order valence-electron chi connectivity index (χ1n) is 7.13. The molecule has 1 aliphatic carbocycles. The molecule has 1 aliphatic heterocycles. The van der Waals surface area contributed by atoms with E-state index in [0.29, 0.717) is 18.2 Å². The third-order valence-electron chi connectivity index (χ3n) is 4.00. The number of amides is 1. The molecular weight excluding hydrogens is 240 g/mol. The molecule has 1 amide bonds. The van der Waals surface area contributed by atoms with E-state index in [1.54, 1.807) is 12.3 Å². The predicted octanol–water partition coefficient (Wildman–Crippen LogP) is 1.31. The number of likely N-dealkylation sites (tertiary alicyclic amines) is 1. The van der Waals surface area contributed by atoms with E-state index in [4.69, 9.17) is 5.73 Å². The predicted molar refractivity (Wildman–Crippen MR) is 71.7 cm³/mol. The van der Waals surface area contributed by atoms with Crippen LogP contribution in [0.4, 0.5) is 0 Å². The lowest BCUT2D eigenvalue weighted by molar-refractivity contribution is 0.0616. The lowest BCUT2D eigenvalue weighted by Gasteiger charge is -2.34. The maximum Gasteiger partial charge on any atom is 0.272 e. The van der Waals surface area contributed by atoms with E-state index in [1.165, 1.54) is 0 Å². The van der Waals surface area contributed by atoms with Gasteiger partial charge in [0.15, 0.2) is 0 Å². The molecule has 3 rings (SSSR count). The van der Waals surface area contributed by atoms with E-state index in [1.807, 2.05) is 4.90 Å². The van der Waals surface area contributed by atoms with Gasteiger partial charge in [-0.15, -0.1) is 0 Å². The van der Waals surface area contributed by atoms with Crippen LogP contribution in [-0.4, -0.2) is 39.9 Å². The molecule has 1 unspecified atom stereocenters. The zero-order chi connectivity index (χ0) is 13.2. The SMILES string of the molecule is NCC1CCCCN1C(=O)c1ccnc(C2CC2)n1. The normalized spacial score (nSPS) is 23.4. The third-order valence-corrected chi connectivity index (χ3v) is 4.00. The Kier molecular flexibility index (Phi) is 3.46. The van der Waals surface area contributed by atoms with Crippen molar-refractivity contribution in [3.8, 4) is 0 Å². The van der Waals surface area contributed by atoms with Crippen molar-refractivity contribution < 1.29 is 4.79 Å². The number of rotatable bonds is 3. The van der Waals surface area contributed by atoms with Gasteiger partial charge in [0.2, 0.25) is 0 Å². The Bertz CT molecular complexity index is 472. The molecule has 2 aliphatic rings. The third kappa shape index (κ3) is 2.61. The summed E-state index contributed by atoms with van der Waals surface area (Å²) in [4.78, 5) is 23.1. The van der Waals surface area contributed by atoms with Gasteiger partial charge in [-0.25, -0.2) is 9.97 Å². The fourth-order valence-electron chi connectivity index (χ4n) is 2.69. The van der Waals surface area contributed by atoms with Crippen LogP contribution in [0.3, 0.4) is 0 Å². The van der Waals surface area contributed by atoms with Crippen LogP contribution in [0, 0.1) is 0 Å². The van der Waals surface area contributed by atoms with Gasteiger partial charge in [-0.1, -0.05) is 0 Å². The summed E-state index contributed by atoms with van der Waals surface area (Å²) in [5, 5.41) is 0. The average Bonchev–Trinajstić information content (AvgIpc) is 3.31. The molecule has 2 fully saturated rings. The van der Waals surface area contributed by atoms with E-state index in [0.717, 1.165) is 44.5 Å². The van der Waals surface area contributed by atoms with Crippen LogP contribution < -0.4 is 5.73 Å². The number of hydrogen-bond acceptors (Lipinski definition) is 4. The van der Waals surface area contributed by atoms with Crippen molar-refractivity contribution in [3.05, 3.63) is 23.8 Å². The molecule has 1 aromatic rings. The van der Waals surface area contributed by atoms with Gasteiger partial charge in [-0.3, -0.25) is 4.79 Å². The Balaban J connectivity index is 1.79. The number of aromatic nitrogens is 2. The van der Waals surface area contributed by atoms with E-state index < -0.39 is 0 Å². The second kappa shape index (κ2) is 5.25. The summed E-state index contributed by atoms with van der Waals surface area (Å²) < 4.78 is 0. The molecular formula is C14H20N4O. The molecule has 1 saturated carbocycles. The summed E-state index contributed by atoms with van der Waals surface area (Å²) in [6, 6.07) is 1.89. The molecule has 0 radical (unpaired) electrons. The fraction of sp³-hybridized carbons (Fsp3) is 0.643. The van der Waals surface area contributed by atoms with Crippen molar-refractivity contribution >= 4 is 5.91 Å². The summed E-state index contributed by atoms with van der Waals surface area (Å²) in [6.07, 6.45) is 7.21. The molecule has 102 valence electrons. The van der Waals surface area contributed by atoms with Crippen LogP contribution in [0.15, 0.2) is 12.3 Å². The zero-order valence-electron chi connectivity index (χ0n) is 11.1. The van der Waals surface area contributed by atoms with Crippen molar-refractivity contribution in [1.29, 1.82) is 0 Å². The van der Waals surface area contributed by atoms with Gasteiger partial charge < -0.3 is 10.6 Å². The Morgan fingerprint density at radius 2 is 2.21 bits per heavy atom. The molecule has 5 heteroatoms. The zero-order valence-corrected chi connectivity index (χ0v) is 11.1. The summed E-state index contributed by atoms with van der Waals surface area (Å²) in [7, 11) is 0. The Morgan fingerprint density at radius 3 is 2.95 bits per heavy atom. The Morgan fingerprint density at radius 1 is 1.37 bits per heavy atom. The standard InChI is InChI=1S/C14H20N4O/c15-9-11-3-1-2-8-18(11)14(19)12-6-7-16-13(17-12)10-4-5-10/h6-7,10-11H,1-5,8-9,15H2. The largest absolute Gasteiger partial charge is 0.333 e. The monoisotopic (exact) mass is 260 g/mol. The molecule has 1 aromatic heterocycles. The molecule has 1 saturated heterocycles. The Labute approximate surface area is 113 Å². The summed E-state index contributed by atoms with van der Waals surface area (Å²) in [6.45, 7) is 1.33. The lowest BCUT2D eigenvalue weighted by atomic mass is 10.0. The number of nitrogens with zero attached hydrogens (tertiary/aromatic N) is 3. The molecule has 19 heavy (non-hydrogen) atoms. The van der Waals surface area contributed by atoms with Gasteiger partial charge in [0.25, 0.3) is 5.91 Å². The van der Waals surface area contributed by atoms with Gasteiger partial charge in [0.1, 0.15) is 11.5 Å². The Hall–Kier alpha value is -1.49. The number of carbonyl (C=O) groups excluding carboxylic acids is 1. The van der Waals surface area contributed by atoms with Crippen molar-refractivity contribution in [2.45, 2.75) is 44.1 Å². The van der Waals surface area contributed by atoms with Crippen LogP contribution in [0.2, 0.25) is 0 Å². The van der Waals surface area contributed by atoms with E-state index in [2.05, 4.69) is 9.97 Å². The van der Waals surface area contributed by atoms with E-state index in [9.17, 15) is 4.79 Å². The highest BCUT2D eigenvalue weighted by Gasteiger charge is 2.30. The molecule has 0 bridgehead atoms.